The van der Waals surface area contributed by atoms with Crippen LogP contribution in [0.4, 0.5) is 0 Å². The Morgan fingerprint density at radius 1 is 0.592 bits per heavy atom. The number of primary amides is 5. The highest BCUT2D eigenvalue weighted by Crippen LogP contribution is 2.26. The first-order chi connectivity index (χ1) is 61.7. The number of aliphatic hydroxyl groups is 1. The van der Waals surface area contributed by atoms with Crippen LogP contribution < -0.4 is 119 Å². The predicted molar refractivity (Wildman–Crippen MR) is 467 cm³/mol. The van der Waals surface area contributed by atoms with E-state index in [4.69, 9.17) is 55.0 Å². The molecule has 7 rings (SSSR count). The van der Waals surface area contributed by atoms with Gasteiger partial charge in [0, 0.05) is 107 Å². The third-order valence-corrected chi connectivity index (χ3v) is 22.1. The Bertz CT molecular complexity index is 4950. The van der Waals surface area contributed by atoms with Crippen LogP contribution >= 0.6 is 11.8 Å². The summed E-state index contributed by atoms with van der Waals surface area (Å²) in [4.78, 5) is 269. The number of carboxylic acids is 1. The van der Waals surface area contributed by atoms with Gasteiger partial charge in [-0.15, -0.1) is 0 Å². The number of benzene rings is 4. The van der Waals surface area contributed by atoms with E-state index >= 15 is 28.8 Å². The van der Waals surface area contributed by atoms with Crippen LogP contribution in [0.25, 0.3) is 21.7 Å². The molecule has 5 aromatic rings. The molecule has 4 aromatic carbocycles. The molecule has 0 aliphatic carbocycles. The molecule has 3 heterocycles. The van der Waals surface area contributed by atoms with Crippen LogP contribution in [0.1, 0.15) is 114 Å². The number of nitrogens with one attached hydrogen (secondary N) is 16. The summed E-state index contributed by atoms with van der Waals surface area (Å²) < 4.78 is 11.4. The number of amides is 18. The highest BCUT2D eigenvalue weighted by molar-refractivity contribution is 7.99. The number of H-pyrrole nitrogens is 1. The van der Waals surface area contributed by atoms with E-state index in [1.54, 1.807) is 66.7 Å². The van der Waals surface area contributed by atoms with Crippen LogP contribution in [0, 0.1) is 5.41 Å². The first-order valence-electron chi connectivity index (χ1n) is 41.7. The number of fused-ring (bicyclic) bond motifs is 2. The van der Waals surface area contributed by atoms with Crippen molar-refractivity contribution < 1.29 is 111 Å². The number of ether oxygens (including phenoxy) is 2. The number of aromatic nitrogens is 1. The average Bonchev–Trinajstić information content (AvgIpc) is 1.54. The summed E-state index contributed by atoms with van der Waals surface area (Å²) in [6.07, 6.45) is -8.42. The van der Waals surface area contributed by atoms with Crippen molar-refractivity contribution in [2.24, 2.45) is 40.1 Å². The molecule has 0 bridgehead atoms. The minimum Gasteiger partial charge on any atom is -0.492 e. The summed E-state index contributed by atoms with van der Waals surface area (Å²) >= 11 is 0.833. The largest absolute Gasteiger partial charge is 0.492 e. The second-order valence-electron chi connectivity index (χ2n) is 31.2. The molecular formula is C83H113N23O23S. The third kappa shape index (κ3) is 33.0. The van der Waals surface area contributed by atoms with Crippen LogP contribution in [0.15, 0.2) is 97.2 Å². The van der Waals surface area contributed by atoms with E-state index in [0.29, 0.717) is 38.7 Å². The minimum absolute atomic E-state index is 0.0439. The van der Waals surface area contributed by atoms with Crippen molar-refractivity contribution in [1.82, 2.24) is 79.4 Å². The standard InChI is InChI=1S/C83H113N23O23S/c1-42(107)68-80(126)102-60(37-48-40-93-51-11-6-5-10-50(48)51)76(122)96-53(19-22-63(85)109)71(117)103-62(41-130-33-25-56(73(119)95-54(74(120)105-68)20-23-64(86)110)97-70(116)52(94-43(2)108)12-7-29-92-82(90)91)78(124)99-58(35-44-14-17-49(18-15-44)129-32-28-84)75(121)100-59(36-45-13-16-46-8-3-4-9-47(46)34-45)79(125)106-83(26-30-128-31-27-83)81(127)104-55(21-24-67(113)114)72(118)101-61(39-66(88)112)77(123)98-57(69(89)115)38-65(87)111/h3-6,8-11,13-18,34,40,42,52-62,68,93,107H,7,12,19-33,35-39,41,84H2,1-2H3,(H2,85,109)(H2,86,110)(H2,87,111)(H2,88,112)(H2,89,115)(H,94,108)(H,95,119)(H,96,122)(H,97,116)(H,98,123)(H,99,124)(H,100,121)(H,101,118)(H,102,126)(H,103,117)(H,104,127)(H,105,120)(H,106,125)(H,113,114)(H4,90,91,92). The van der Waals surface area contributed by atoms with Crippen molar-refractivity contribution in [2.75, 3.05) is 44.4 Å². The minimum atomic E-state index is -2.12. The molecule has 18 amide bonds. The van der Waals surface area contributed by atoms with Gasteiger partial charge in [-0.25, -0.2) is 0 Å². The van der Waals surface area contributed by atoms with E-state index in [0.717, 1.165) is 31.0 Å². The third-order valence-electron chi connectivity index (χ3n) is 21.0. The fraction of sp³-hybridized carbons (Fsp3) is 0.470. The first kappa shape index (κ1) is 103. The second kappa shape index (κ2) is 50.5. The van der Waals surface area contributed by atoms with E-state index in [9.17, 15) is 72.5 Å². The Kier molecular flexibility index (Phi) is 40.0. The van der Waals surface area contributed by atoms with E-state index in [1.807, 2.05) is 0 Å². The molecule has 2 aliphatic rings. The van der Waals surface area contributed by atoms with Gasteiger partial charge in [0.2, 0.25) is 106 Å². The number of aliphatic hydroxyl groups excluding tert-OH is 1. The lowest BCUT2D eigenvalue weighted by molar-refractivity contribution is -0.142. The van der Waals surface area contributed by atoms with Crippen LogP contribution in [0.5, 0.6) is 5.75 Å². The number of nitrogens with two attached hydrogens (primary N) is 7. The molecule has 46 nitrogen and oxygen atoms in total. The Balaban J connectivity index is 1.34. The van der Waals surface area contributed by atoms with Gasteiger partial charge in [0.25, 0.3) is 0 Å². The number of guanidine groups is 1. The van der Waals surface area contributed by atoms with Gasteiger partial charge in [0.15, 0.2) is 5.96 Å². The number of carboxylic acid groups (broad SMARTS) is 1. The Labute approximate surface area is 748 Å². The number of aromatic amines is 1. The van der Waals surface area contributed by atoms with Gasteiger partial charge in [0.05, 0.1) is 18.9 Å². The molecule has 13 atom stereocenters. The van der Waals surface area contributed by atoms with E-state index in [1.165, 1.54) is 30.5 Å². The summed E-state index contributed by atoms with van der Waals surface area (Å²) in [7, 11) is 0. The summed E-state index contributed by atoms with van der Waals surface area (Å²) in [5, 5.41) is 66.0. The lowest BCUT2D eigenvalue weighted by atomic mass is 9.87. The van der Waals surface area contributed by atoms with Gasteiger partial charge in [-0.05, 0) is 96.9 Å². The molecule has 13 unspecified atom stereocenters. The molecular weight excluding hydrogens is 1720 g/mol. The Hall–Kier alpha value is -14.1. The topological polar surface area (TPSA) is 773 Å². The molecule has 130 heavy (non-hydrogen) atoms. The van der Waals surface area contributed by atoms with Crippen molar-refractivity contribution in [3.05, 3.63) is 114 Å². The average molecular weight is 1830 g/mol. The number of hydrogen-bond donors (Lipinski definition) is 25. The smallest absolute Gasteiger partial charge is 0.303 e. The van der Waals surface area contributed by atoms with Gasteiger partial charge in [0.1, 0.15) is 90.4 Å². The highest BCUT2D eigenvalue weighted by atomic mass is 32.2. The maximum absolute atomic E-state index is 15.9. The van der Waals surface area contributed by atoms with Crippen molar-refractivity contribution in [2.45, 2.75) is 201 Å². The molecule has 47 heteroatoms. The summed E-state index contributed by atoms with van der Waals surface area (Å²) in [6.45, 7) is 1.94. The summed E-state index contributed by atoms with van der Waals surface area (Å²) in [5.74, 6) is -22.6. The number of carbonyl (C=O) groups is 19. The monoisotopic (exact) mass is 1830 g/mol. The Morgan fingerprint density at radius 2 is 1.15 bits per heavy atom. The molecule has 32 N–H and O–H groups in total. The maximum atomic E-state index is 15.9. The fourth-order valence-electron chi connectivity index (χ4n) is 14.1. The van der Waals surface area contributed by atoms with Crippen LogP contribution in [-0.4, -0.2) is 262 Å². The van der Waals surface area contributed by atoms with Gasteiger partial charge in [-0.3, -0.25) is 96.5 Å². The number of rotatable bonds is 43. The molecule has 2 fully saturated rings. The number of hydrogen-bond acceptors (Lipinski definition) is 25. The lowest BCUT2D eigenvalue weighted by Gasteiger charge is -2.38. The predicted octanol–water partition coefficient (Wildman–Crippen LogP) is -7.40. The molecule has 2 saturated heterocycles. The lowest BCUT2D eigenvalue weighted by Crippen LogP contribution is -2.67. The fourth-order valence-corrected chi connectivity index (χ4v) is 15.1. The van der Waals surface area contributed by atoms with Crippen molar-refractivity contribution in [3.8, 4) is 5.75 Å². The maximum Gasteiger partial charge on any atom is 0.303 e. The normalized spacial score (nSPS) is 19.1. The van der Waals surface area contributed by atoms with Crippen molar-refractivity contribution in [1.29, 1.82) is 5.41 Å². The molecule has 2 aliphatic heterocycles. The highest BCUT2D eigenvalue weighted by Gasteiger charge is 2.46. The number of thioether (sulfide) groups is 1. The van der Waals surface area contributed by atoms with Gasteiger partial charge >= 0.3 is 5.97 Å². The van der Waals surface area contributed by atoms with E-state index in [-0.39, 0.29) is 64.3 Å². The summed E-state index contributed by atoms with van der Waals surface area (Å²) in [6, 6.07) is 3.40. The Morgan fingerprint density at radius 3 is 1.78 bits per heavy atom. The van der Waals surface area contributed by atoms with Gasteiger partial charge in [-0.1, -0.05) is 72.8 Å². The first-order valence-corrected chi connectivity index (χ1v) is 42.8. The van der Waals surface area contributed by atoms with Crippen molar-refractivity contribution >= 4 is 152 Å². The molecule has 0 saturated carbocycles. The van der Waals surface area contributed by atoms with Crippen LogP contribution in [0.3, 0.4) is 0 Å². The summed E-state index contributed by atoms with van der Waals surface area (Å²) in [5.41, 5.74) is 38.1. The van der Waals surface area contributed by atoms with Gasteiger partial charge < -0.3 is 139 Å². The van der Waals surface area contributed by atoms with E-state index < -0.39 is 285 Å². The molecule has 0 radical (unpaired) electrons. The van der Waals surface area contributed by atoms with Gasteiger partial charge in [-0.2, -0.15) is 11.8 Å². The number of aliphatic carboxylic acids is 1. The second-order valence-corrected chi connectivity index (χ2v) is 32.4. The quantitative estimate of drug-likeness (QED) is 0.00979. The number of carbonyl (C=O) groups excluding carboxylic acids is 18. The molecule has 704 valence electrons. The molecule has 1 aromatic heterocycles. The zero-order valence-corrected chi connectivity index (χ0v) is 72.2. The zero-order chi connectivity index (χ0) is 95.5. The molecule has 0 spiro atoms. The van der Waals surface area contributed by atoms with Crippen LogP contribution in [0.2, 0.25) is 0 Å². The van der Waals surface area contributed by atoms with Crippen molar-refractivity contribution in [3.63, 3.8) is 0 Å². The SMILES string of the molecule is CC(=O)NC(CCCNC(=N)N)C(=O)NC1CCSCC(C(=O)NC(Cc2ccc(OCCN)cc2)C(=O)NC(Cc2ccc3ccccc3c2)C(=O)NC2(C(=O)NC(CCC(=O)O)C(=O)NC(CC(N)=O)C(=O)NC(CC(N)=O)C(N)=O)CCOCC2)NC(=O)C(CCC(N)=O)NC(=O)C(Cc2c[nH]c3ccccc23)NC(=O)C(C(C)O)NC(=O)C(CCC(N)=O)NC1=O. The zero-order valence-electron chi connectivity index (χ0n) is 71.4. The number of para-hydroxylation sites is 1. The van der Waals surface area contributed by atoms with Crippen LogP contribution in [-0.2, 0) is 115 Å². The van der Waals surface area contributed by atoms with E-state index in [2.05, 4.69) is 79.4 Å².